The fraction of sp³-hybridized carbons (Fsp3) is 0.440. The van der Waals surface area contributed by atoms with Crippen LogP contribution in [0.15, 0.2) is 41.4 Å². The molecule has 5 rings (SSSR count). The minimum Gasteiger partial charge on any atom is -0.490 e. The zero-order chi connectivity index (χ0) is 23.5. The van der Waals surface area contributed by atoms with E-state index in [0.29, 0.717) is 29.5 Å². The number of carbonyl (C=O) groups is 1. The van der Waals surface area contributed by atoms with Crippen LogP contribution in [0.4, 0.5) is 5.69 Å². The second kappa shape index (κ2) is 7.64. The Kier molecular flexibility index (Phi) is 5.10. The van der Waals surface area contributed by atoms with Gasteiger partial charge in [0, 0.05) is 42.3 Å². The second-order valence-electron chi connectivity index (χ2n) is 9.90. The van der Waals surface area contributed by atoms with Crippen LogP contribution in [0.5, 0.6) is 5.75 Å². The van der Waals surface area contributed by atoms with Crippen molar-refractivity contribution in [3.63, 3.8) is 0 Å². The Bertz CT molecular complexity index is 1140. The summed E-state index contributed by atoms with van der Waals surface area (Å²) >= 11 is 6.24. The third-order valence-corrected chi connectivity index (χ3v) is 7.24. The number of amides is 1. The van der Waals surface area contributed by atoms with Gasteiger partial charge in [0.15, 0.2) is 11.5 Å². The van der Waals surface area contributed by atoms with Gasteiger partial charge in [0.25, 0.3) is 5.91 Å². The van der Waals surface area contributed by atoms with Gasteiger partial charge in [0.05, 0.1) is 5.60 Å². The van der Waals surface area contributed by atoms with Crippen LogP contribution in [-0.2, 0) is 15.1 Å². The molecule has 7 nitrogen and oxygen atoms in total. The summed E-state index contributed by atoms with van der Waals surface area (Å²) < 4.78 is 12.4. The van der Waals surface area contributed by atoms with E-state index in [4.69, 9.17) is 37.5 Å². The molecule has 1 spiro atoms. The van der Waals surface area contributed by atoms with Gasteiger partial charge in [-0.05, 0) is 68.1 Å². The molecule has 2 aromatic rings. The van der Waals surface area contributed by atoms with E-state index in [9.17, 15) is 4.79 Å². The molecular formula is C25H29ClN4O3. The molecule has 4 N–H and O–H groups in total. The smallest absolute Gasteiger partial charge is 0.261 e. The predicted molar refractivity (Wildman–Crippen MR) is 129 cm³/mol. The van der Waals surface area contributed by atoms with E-state index in [2.05, 4.69) is 13.8 Å². The molecule has 3 atom stereocenters. The molecule has 1 amide bonds. The molecule has 0 saturated carbocycles. The molecule has 0 bridgehead atoms. The number of benzene rings is 2. The fourth-order valence-electron chi connectivity index (χ4n) is 5.39. The van der Waals surface area contributed by atoms with Crippen LogP contribution < -0.4 is 16.2 Å². The maximum atomic E-state index is 13.6. The Morgan fingerprint density at radius 3 is 2.58 bits per heavy atom. The molecule has 3 heterocycles. The number of nitrogens with zero attached hydrogens (tertiary/aromatic N) is 2. The van der Waals surface area contributed by atoms with Crippen LogP contribution in [0.3, 0.4) is 0 Å². The Morgan fingerprint density at radius 2 is 1.91 bits per heavy atom. The zero-order valence-electron chi connectivity index (χ0n) is 19.1. The lowest BCUT2D eigenvalue weighted by Gasteiger charge is -2.44. The van der Waals surface area contributed by atoms with E-state index >= 15 is 0 Å². The van der Waals surface area contributed by atoms with Crippen molar-refractivity contribution >= 4 is 29.2 Å². The maximum Gasteiger partial charge on any atom is 0.261 e. The summed E-state index contributed by atoms with van der Waals surface area (Å²) in [6, 6.07) is 11.2. The van der Waals surface area contributed by atoms with Crippen LogP contribution in [0.1, 0.15) is 38.7 Å². The SMILES string of the molecule is CN1C(=O)C2(CC(C3CCOC(C)(C)C3)Oc3ccc(-c4cc(N)cc(Cl)c4)cc32)N=C1N. The Hall–Kier alpha value is -2.77. The van der Waals surface area contributed by atoms with Crippen molar-refractivity contribution in [2.75, 3.05) is 19.4 Å². The first-order chi connectivity index (χ1) is 15.6. The highest BCUT2D eigenvalue weighted by atomic mass is 35.5. The largest absolute Gasteiger partial charge is 0.490 e. The van der Waals surface area contributed by atoms with E-state index < -0.39 is 5.54 Å². The van der Waals surface area contributed by atoms with Gasteiger partial charge in [-0.25, -0.2) is 4.99 Å². The number of carbonyl (C=O) groups excluding carboxylic acids is 1. The van der Waals surface area contributed by atoms with Gasteiger partial charge in [0.1, 0.15) is 11.9 Å². The normalized spacial score (nSPS) is 28.4. The van der Waals surface area contributed by atoms with Gasteiger partial charge in [-0.15, -0.1) is 0 Å². The molecule has 1 fully saturated rings. The van der Waals surface area contributed by atoms with E-state index in [1.165, 1.54) is 4.90 Å². The third-order valence-electron chi connectivity index (χ3n) is 7.02. The molecule has 33 heavy (non-hydrogen) atoms. The van der Waals surface area contributed by atoms with Crippen molar-refractivity contribution in [2.45, 2.75) is 50.4 Å². The molecule has 174 valence electrons. The average Bonchev–Trinajstić information content (AvgIpc) is 2.96. The summed E-state index contributed by atoms with van der Waals surface area (Å²) in [4.78, 5) is 19.8. The Balaban J connectivity index is 1.61. The van der Waals surface area contributed by atoms with E-state index in [-0.39, 0.29) is 29.5 Å². The lowest BCUT2D eigenvalue weighted by Crippen LogP contribution is -2.49. The number of anilines is 1. The summed E-state index contributed by atoms with van der Waals surface area (Å²) in [6.45, 7) is 4.87. The van der Waals surface area contributed by atoms with Crippen molar-refractivity contribution in [1.29, 1.82) is 0 Å². The minimum atomic E-state index is -1.11. The molecular weight excluding hydrogens is 440 g/mol. The summed E-state index contributed by atoms with van der Waals surface area (Å²) in [5, 5.41) is 0.551. The number of aliphatic imine (C=N–C) groups is 1. The highest BCUT2D eigenvalue weighted by Gasteiger charge is 2.55. The molecule has 3 aliphatic heterocycles. The van der Waals surface area contributed by atoms with Crippen molar-refractivity contribution in [2.24, 2.45) is 16.6 Å². The van der Waals surface area contributed by atoms with Crippen molar-refractivity contribution in [3.8, 4) is 16.9 Å². The van der Waals surface area contributed by atoms with E-state index in [1.807, 2.05) is 30.3 Å². The molecule has 3 aliphatic rings. The standard InChI is InChI=1S/C25H29ClN4O3/c1-24(2)12-15(6-7-32-24)21-13-25(22(31)30(3)23(28)29-25)19-10-14(4-5-20(19)33-21)16-8-17(26)11-18(27)9-16/h4-5,8-11,15,21H,6-7,12-13,27H2,1-3H3,(H2,28,29). The van der Waals surface area contributed by atoms with Crippen LogP contribution >= 0.6 is 11.6 Å². The highest BCUT2D eigenvalue weighted by Crippen LogP contribution is 2.50. The number of hydrogen-bond acceptors (Lipinski definition) is 6. The number of fused-ring (bicyclic) bond motifs is 2. The lowest BCUT2D eigenvalue weighted by atomic mass is 9.74. The summed E-state index contributed by atoms with van der Waals surface area (Å²) in [6.07, 6.45) is 2.00. The number of nitrogen functional groups attached to an aromatic ring is 1. The molecule has 8 heteroatoms. The van der Waals surface area contributed by atoms with Gasteiger partial charge in [-0.1, -0.05) is 17.7 Å². The number of ether oxygens (including phenoxy) is 2. The van der Waals surface area contributed by atoms with Gasteiger partial charge >= 0.3 is 0 Å². The lowest BCUT2D eigenvalue weighted by molar-refractivity contribution is -0.134. The fourth-order valence-corrected chi connectivity index (χ4v) is 5.63. The van der Waals surface area contributed by atoms with Crippen molar-refractivity contribution in [3.05, 3.63) is 47.0 Å². The van der Waals surface area contributed by atoms with Gasteiger partial charge < -0.3 is 20.9 Å². The molecule has 0 aromatic heterocycles. The molecule has 0 radical (unpaired) electrons. The second-order valence-corrected chi connectivity index (χ2v) is 10.3. The van der Waals surface area contributed by atoms with Crippen LogP contribution in [0.2, 0.25) is 5.02 Å². The average molecular weight is 469 g/mol. The van der Waals surface area contributed by atoms with Gasteiger partial charge in [-0.3, -0.25) is 9.69 Å². The molecule has 3 unspecified atom stereocenters. The van der Waals surface area contributed by atoms with Crippen LogP contribution in [-0.4, -0.2) is 42.1 Å². The van der Waals surface area contributed by atoms with E-state index in [1.54, 1.807) is 13.1 Å². The molecule has 2 aromatic carbocycles. The number of likely N-dealkylation sites (N-methyl/N-ethyl adjacent to an activating group) is 1. The van der Waals surface area contributed by atoms with Crippen molar-refractivity contribution < 1.29 is 14.3 Å². The van der Waals surface area contributed by atoms with Crippen LogP contribution in [0.25, 0.3) is 11.1 Å². The Morgan fingerprint density at radius 1 is 1.12 bits per heavy atom. The first-order valence-corrected chi connectivity index (χ1v) is 11.6. The quantitative estimate of drug-likeness (QED) is 0.650. The predicted octanol–water partition coefficient (Wildman–Crippen LogP) is 3.93. The number of guanidine groups is 1. The molecule has 1 saturated heterocycles. The third kappa shape index (κ3) is 3.73. The summed E-state index contributed by atoms with van der Waals surface area (Å²) in [7, 11) is 1.67. The number of nitrogens with two attached hydrogens (primary N) is 2. The topological polar surface area (TPSA) is 103 Å². The first-order valence-electron chi connectivity index (χ1n) is 11.2. The zero-order valence-corrected chi connectivity index (χ0v) is 19.9. The van der Waals surface area contributed by atoms with Crippen molar-refractivity contribution in [1.82, 2.24) is 4.90 Å². The number of hydrogen-bond donors (Lipinski definition) is 2. The number of halogens is 1. The van der Waals surface area contributed by atoms with Gasteiger partial charge in [0.2, 0.25) is 0 Å². The number of rotatable bonds is 2. The van der Waals surface area contributed by atoms with Crippen LogP contribution in [0, 0.1) is 5.92 Å². The minimum absolute atomic E-state index is 0.136. The van der Waals surface area contributed by atoms with Gasteiger partial charge in [-0.2, -0.15) is 0 Å². The first kappa shape index (κ1) is 22.0. The summed E-state index contributed by atoms with van der Waals surface area (Å²) in [5.74, 6) is 0.996. The maximum absolute atomic E-state index is 13.6. The van der Waals surface area contributed by atoms with E-state index in [0.717, 1.165) is 29.5 Å². The highest BCUT2D eigenvalue weighted by molar-refractivity contribution is 6.31. The summed E-state index contributed by atoms with van der Waals surface area (Å²) in [5.41, 5.74) is 13.9. The monoisotopic (exact) mass is 468 g/mol. The Labute approximate surface area is 198 Å². The molecule has 0 aliphatic carbocycles.